The molecule has 1 nitrogen and oxygen atoms in total. The molecule has 23 heavy (non-hydrogen) atoms. The summed E-state index contributed by atoms with van der Waals surface area (Å²) in [5.74, 6) is 0. The average Bonchev–Trinajstić information content (AvgIpc) is 2.95. The summed E-state index contributed by atoms with van der Waals surface area (Å²) in [6, 6.07) is 17.1. The summed E-state index contributed by atoms with van der Waals surface area (Å²) < 4.78 is 5.35. The van der Waals surface area contributed by atoms with Crippen LogP contribution < -0.4 is 0 Å². The molecule has 0 atom stereocenters. The summed E-state index contributed by atoms with van der Waals surface area (Å²) in [6.45, 7) is 2.80. The molecule has 0 radical (unpaired) electrons. The van der Waals surface area contributed by atoms with Crippen molar-refractivity contribution >= 4 is 30.4 Å². The van der Waals surface area contributed by atoms with E-state index in [2.05, 4.69) is 67.6 Å². The van der Waals surface area contributed by atoms with Gasteiger partial charge in [-0.3, -0.25) is 0 Å². The van der Waals surface area contributed by atoms with E-state index < -0.39 is 0 Å². The fourth-order valence-corrected chi connectivity index (χ4v) is 3.08. The molecule has 0 spiro atoms. The number of halogens is 2. The Hall–Kier alpha value is -0.826. The summed E-state index contributed by atoms with van der Waals surface area (Å²) in [5, 5.41) is 0. The van der Waals surface area contributed by atoms with Crippen LogP contribution in [0.5, 0.6) is 0 Å². The summed E-state index contributed by atoms with van der Waals surface area (Å²) in [7, 11) is 0. The van der Waals surface area contributed by atoms with E-state index in [9.17, 15) is 0 Å². The molecule has 0 unspecified atom stereocenters. The maximum atomic E-state index is 5.35. The van der Waals surface area contributed by atoms with Gasteiger partial charge in [-0.15, -0.1) is 24.8 Å². The molecule has 0 saturated carbocycles. The fraction of sp³-hybridized carbons (Fsp3) is 0.158. The molecule has 0 aliphatic heterocycles. The van der Waals surface area contributed by atoms with Crippen LogP contribution in [-0.2, 0) is 30.7 Å². The van der Waals surface area contributed by atoms with Gasteiger partial charge in [0, 0.05) is 0 Å². The molecule has 0 amide bonds. The zero-order chi connectivity index (χ0) is 14.7. The summed E-state index contributed by atoms with van der Waals surface area (Å²) >= 11 is 1.75. The van der Waals surface area contributed by atoms with Crippen molar-refractivity contribution in [3.63, 3.8) is 0 Å². The Labute approximate surface area is 162 Å². The second kappa shape index (κ2) is 9.47. The summed E-state index contributed by atoms with van der Waals surface area (Å²) in [5.41, 5.74) is 7.87. The molecular weight excluding hydrogens is 363 g/mol. The van der Waals surface area contributed by atoms with Gasteiger partial charge in [-0.25, -0.2) is 0 Å². The third kappa shape index (κ3) is 4.59. The van der Waals surface area contributed by atoms with Gasteiger partial charge in [-0.2, -0.15) is 0 Å². The minimum Gasteiger partial charge on any atom is -0.147 e. The van der Waals surface area contributed by atoms with E-state index in [0.29, 0.717) is 6.61 Å². The zero-order valence-corrected chi connectivity index (χ0v) is 16.1. The number of hydrogen-bond acceptors (Lipinski definition) is 1. The van der Waals surface area contributed by atoms with Crippen molar-refractivity contribution in [2.24, 2.45) is 0 Å². The number of allylic oxidation sites excluding steroid dienone is 4. The normalized spacial score (nSPS) is 12.7. The largest absolute Gasteiger partial charge is 0.147 e. The molecule has 1 aliphatic rings. The van der Waals surface area contributed by atoms with E-state index >= 15 is 0 Å². The van der Waals surface area contributed by atoms with Gasteiger partial charge in [-0.05, 0) is 0 Å². The molecule has 4 heteroatoms. The number of hydrogen-bond donors (Lipinski definition) is 0. The third-order valence-electron chi connectivity index (χ3n) is 3.85. The number of rotatable bonds is 4. The molecule has 0 fully saturated rings. The van der Waals surface area contributed by atoms with E-state index in [1.807, 2.05) is 0 Å². The Morgan fingerprint density at radius 3 is 2.13 bits per heavy atom. The van der Waals surface area contributed by atoms with Crippen molar-refractivity contribution in [3.05, 3.63) is 77.4 Å². The standard InChI is InChI=1S/C19H17O.2ClH.Ti/c1-14-10-11-15(12-14)17-7-4-5-9-19(17)18-8-3-2-6-16(18)13-20;;;/h2-10,12H,11,13H2,1H3;2*1H;/q-1;;;+1. The first-order valence-corrected chi connectivity index (χ1v) is 7.77. The molecule has 0 aromatic heterocycles. The van der Waals surface area contributed by atoms with E-state index in [1.54, 1.807) is 20.8 Å². The van der Waals surface area contributed by atoms with Gasteiger partial charge in [-0.1, -0.05) is 0 Å². The van der Waals surface area contributed by atoms with Crippen LogP contribution in [0.25, 0.3) is 16.7 Å². The second-order valence-corrected chi connectivity index (χ2v) is 5.76. The smallest absolute Gasteiger partial charge is 0.147 e. The summed E-state index contributed by atoms with van der Waals surface area (Å²) in [4.78, 5) is 0. The van der Waals surface area contributed by atoms with Crippen molar-refractivity contribution < 1.29 is 24.1 Å². The molecular formula is C19H19Cl2OTi. The van der Waals surface area contributed by atoms with Crippen molar-refractivity contribution in [2.45, 2.75) is 20.0 Å². The van der Waals surface area contributed by atoms with Crippen LogP contribution >= 0.6 is 24.8 Å². The maximum Gasteiger partial charge on any atom is -0.147 e. The Balaban J connectivity index is 0.00000132. The van der Waals surface area contributed by atoms with Crippen LogP contribution in [0.2, 0.25) is 0 Å². The van der Waals surface area contributed by atoms with Crippen molar-refractivity contribution in [1.29, 1.82) is 0 Å². The first-order valence-electron chi connectivity index (χ1n) is 7.13. The van der Waals surface area contributed by atoms with Crippen molar-refractivity contribution in [3.8, 4) is 11.1 Å². The molecule has 0 heterocycles. The van der Waals surface area contributed by atoms with E-state index in [1.165, 1.54) is 33.4 Å². The van der Waals surface area contributed by atoms with Crippen LogP contribution in [-0.4, -0.2) is 0 Å². The van der Waals surface area contributed by atoms with Gasteiger partial charge in [0.05, 0.1) is 0 Å². The Morgan fingerprint density at radius 1 is 0.913 bits per heavy atom. The maximum absolute atomic E-state index is 5.35. The molecule has 1 aliphatic carbocycles. The van der Waals surface area contributed by atoms with Gasteiger partial charge < -0.3 is 0 Å². The van der Waals surface area contributed by atoms with Gasteiger partial charge >= 0.3 is 138 Å². The molecule has 3 rings (SSSR count). The Morgan fingerprint density at radius 2 is 1.52 bits per heavy atom. The second-order valence-electron chi connectivity index (χ2n) is 5.31. The SMILES string of the molecule is CC1=CCC(c2ccccc2-c2ccccc2C[O][Ti])=C1.Cl.Cl. The van der Waals surface area contributed by atoms with Crippen LogP contribution in [0, 0.1) is 0 Å². The zero-order valence-electron chi connectivity index (χ0n) is 12.9. The van der Waals surface area contributed by atoms with Crippen molar-refractivity contribution in [2.75, 3.05) is 0 Å². The number of benzene rings is 2. The van der Waals surface area contributed by atoms with E-state index in [4.69, 9.17) is 3.32 Å². The van der Waals surface area contributed by atoms with Crippen LogP contribution in [0.3, 0.4) is 0 Å². The molecule has 0 saturated heterocycles. The van der Waals surface area contributed by atoms with E-state index in [0.717, 1.165) is 6.42 Å². The van der Waals surface area contributed by atoms with E-state index in [-0.39, 0.29) is 24.8 Å². The quantitative estimate of drug-likeness (QED) is 0.598. The van der Waals surface area contributed by atoms with Crippen LogP contribution in [0.4, 0.5) is 0 Å². The average molecular weight is 382 g/mol. The van der Waals surface area contributed by atoms with Crippen molar-refractivity contribution in [1.82, 2.24) is 0 Å². The first-order chi connectivity index (χ1) is 10.3. The monoisotopic (exact) mass is 381 g/mol. The molecule has 0 N–H and O–H groups in total. The van der Waals surface area contributed by atoms with Gasteiger partial charge in [0.2, 0.25) is 0 Å². The topological polar surface area (TPSA) is 9.23 Å². The van der Waals surface area contributed by atoms with Gasteiger partial charge in [0.15, 0.2) is 0 Å². The third-order valence-corrected chi connectivity index (χ3v) is 4.08. The van der Waals surface area contributed by atoms with Crippen LogP contribution in [0.15, 0.2) is 66.3 Å². The minimum atomic E-state index is 0. The van der Waals surface area contributed by atoms with Gasteiger partial charge in [0.1, 0.15) is 0 Å². The fourth-order valence-electron chi connectivity index (χ4n) is 2.84. The van der Waals surface area contributed by atoms with Crippen LogP contribution in [0.1, 0.15) is 24.5 Å². The predicted octanol–water partition coefficient (Wildman–Crippen LogP) is 5.91. The predicted molar refractivity (Wildman–Crippen MR) is 97.5 cm³/mol. The summed E-state index contributed by atoms with van der Waals surface area (Å²) in [6.07, 6.45) is 5.60. The first kappa shape index (κ1) is 20.2. The molecule has 2 aromatic carbocycles. The molecule has 0 bridgehead atoms. The molecule has 119 valence electrons. The Kier molecular flexibility index (Phi) is 8.32. The van der Waals surface area contributed by atoms with Gasteiger partial charge in [0.25, 0.3) is 0 Å². The molecule has 2 aromatic rings. The Bertz CT molecular complexity index is 723. The minimum absolute atomic E-state index is 0.